The molecule has 0 saturated carbocycles. The number of rotatable bonds is 2. The molecule has 0 saturated heterocycles. The molecule has 6 heteroatoms. The number of hydrogen-bond donors (Lipinski definition) is 1. The molecule has 0 aliphatic rings. The molecule has 1 aromatic heterocycles. The van der Waals surface area contributed by atoms with E-state index in [-0.39, 0.29) is 11.3 Å². The van der Waals surface area contributed by atoms with Gasteiger partial charge in [0.1, 0.15) is 0 Å². The molecule has 14 heavy (non-hydrogen) atoms. The molecule has 0 aromatic carbocycles. The van der Waals surface area contributed by atoms with Gasteiger partial charge in [0.05, 0.1) is 11.8 Å². The number of aromatic nitrogens is 1. The molecule has 1 rings (SSSR count). The molecule has 0 atom stereocenters. The Morgan fingerprint density at radius 1 is 1.43 bits per heavy atom. The summed E-state index contributed by atoms with van der Waals surface area (Å²) in [6, 6.07) is 1.35. The Morgan fingerprint density at radius 3 is 2.14 bits per heavy atom. The summed E-state index contributed by atoms with van der Waals surface area (Å²) in [6.07, 6.45) is 1.04. The van der Waals surface area contributed by atoms with E-state index in [4.69, 9.17) is 5.11 Å². The second-order valence-corrected chi connectivity index (χ2v) is 4.95. The van der Waals surface area contributed by atoms with Crippen molar-refractivity contribution in [1.82, 2.24) is 3.97 Å². The van der Waals surface area contributed by atoms with Crippen molar-refractivity contribution in [2.45, 2.75) is 13.8 Å². The fourth-order valence-electron chi connectivity index (χ4n) is 1.47. The summed E-state index contributed by atoms with van der Waals surface area (Å²) in [7, 11) is -3.42. The molecule has 1 N–H and O–H groups in total. The summed E-state index contributed by atoms with van der Waals surface area (Å²) in [5.74, 6) is -1.12. The number of carboxylic acid groups (broad SMARTS) is 1. The van der Waals surface area contributed by atoms with Crippen LogP contribution in [0.25, 0.3) is 0 Å². The average molecular weight is 217 g/mol. The lowest BCUT2D eigenvalue weighted by Gasteiger charge is -2.05. The molecular formula is C8H11NO4S. The van der Waals surface area contributed by atoms with Crippen LogP contribution in [-0.2, 0) is 10.0 Å². The second-order valence-electron chi connectivity index (χ2n) is 3.12. The molecule has 0 aliphatic carbocycles. The van der Waals surface area contributed by atoms with E-state index in [9.17, 15) is 13.2 Å². The predicted octanol–water partition coefficient (Wildman–Crippen LogP) is 0.611. The van der Waals surface area contributed by atoms with Crippen LogP contribution in [0.1, 0.15) is 21.7 Å². The molecule has 78 valence electrons. The molecule has 0 bridgehead atoms. The van der Waals surface area contributed by atoms with Crippen LogP contribution in [0.2, 0.25) is 0 Å². The third-order valence-corrected chi connectivity index (χ3v) is 3.16. The summed E-state index contributed by atoms with van der Waals surface area (Å²) in [6.45, 7) is 3.03. The Hall–Kier alpha value is -1.30. The summed E-state index contributed by atoms with van der Waals surface area (Å²) >= 11 is 0. The molecule has 1 heterocycles. The molecule has 5 nitrogen and oxygen atoms in total. The molecule has 1 aromatic rings. The first kappa shape index (κ1) is 10.8. The highest BCUT2D eigenvalue weighted by Crippen LogP contribution is 2.16. The summed E-state index contributed by atoms with van der Waals surface area (Å²) in [4.78, 5) is 10.7. The molecule has 0 radical (unpaired) electrons. The van der Waals surface area contributed by atoms with Crippen LogP contribution in [0.5, 0.6) is 0 Å². The first-order valence-electron chi connectivity index (χ1n) is 3.88. The Kier molecular flexibility index (Phi) is 2.41. The van der Waals surface area contributed by atoms with Gasteiger partial charge in [-0.2, -0.15) is 0 Å². The van der Waals surface area contributed by atoms with Crippen LogP contribution in [0, 0.1) is 13.8 Å². The zero-order valence-electron chi connectivity index (χ0n) is 8.10. The Labute approximate surface area is 82.0 Å². The summed E-state index contributed by atoms with van der Waals surface area (Å²) < 4.78 is 23.6. The van der Waals surface area contributed by atoms with Crippen molar-refractivity contribution < 1.29 is 18.3 Å². The van der Waals surface area contributed by atoms with E-state index in [1.54, 1.807) is 6.92 Å². The maximum Gasteiger partial charge on any atom is 0.337 e. The van der Waals surface area contributed by atoms with Crippen LogP contribution in [0.3, 0.4) is 0 Å². The fraction of sp³-hybridized carbons (Fsp3) is 0.375. The number of carbonyl (C=O) groups is 1. The summed E-state index contributed by atoms with van der Waals surface area (Å²) in [5.41, 5.74) is 0.660. The summed E-state index contributed by atoms with van der Waals surface area (Å²) in [5, 5.41) is 8.76. The van der Waals surface area contributed by atoms with Gasteiger partial charge >= 0.3 is 5.97 Å². The van der Waals surface area contributed by atoms with Gasteiger partial charge in [-0.25, -0.2) is 17.2 Å². The molecule has 0 unspecified atom stereocenters. The number of aromatic carboxylic acids is 1. The van der Waals surface area contributed by atoms with Gasteiger partial charge in [-0.3, -0.25) is 0 Å². The minimum atomic E-state index is -3.42. The van der Waals surface area contributed by atoms with Crippen LogP contribution in [0.15, 0.2) is 6.07 Å². The largest absolute Gasteiger partial charge is 0.478 e. The first-order valence-corrected chi connectivity index (χ1v) is 5.72. The van der Waals surface area contributed by atoms with Gasteiger partial charge in [-0.15, -0.1) is 0 Å². The lowest BCUT2D eigenvalue weighted by atomic mass is 10.2. The normalized spacial score (nSPS) is 11.6. The minimum Gasteiger partial charge on any atom is -0.478 e. The SMILES string of the molecule is Cc1cc(C(=O)O)c(C)n1S(C)(=O)=O. The third kappa shape index (κ3) is 1.65. The van der Waals surface area contributed by atoms with Crippen molar-refractivity contribution in [2.75, 3.05) is 6.26 Å². The van der Waals surface area contributed by atoms with Gasteiger partial charge in [0.25, 0.3) is 0 Å². The van der Waals surface area contributed by atoms with Crippen molar-refractivity contribution in [1.29, 1.82) is 0 Å². The van der Waals surface area contributed by atoms with E-state index in [1.807, 2.05) is 0 Å². The average Bonchev–Trinajstić information content (AvgIpc) is 2.24. The van der Waals surface area contributed by atoms with Gasteiger partial charge in [-0.1, -0.05) is 0 Å². The molecule has 0 aliphatic heterocycles. The number of nitrogens with zero attached hydrogens (tertiary/aromatic N) is 1. The van der Waals surface area contributed by atoms with E-state index >= 15 is 0 Å². The molecule has 0 fully saturated rings. The zero-order valence-corrected chi connectivity index (χ0v) is 8.92. The Morgan fingerprint density at radius 2 is 1.93 bits per heavy atom. The van der Waals surface area contributed by atoms with E-state index in [0.29, 0.717) is 5.69 Å². The second kappa shape index (κ2) is 3.13. The number of hydrogen-bond acceptors (Lipinski definition) is 3. The van der Waals surface area contributed by atoms with Gasteiger partial charge in [-0.05, 0) is 19.9 Å². The molecular weight excluding hydrogens is 206 g/mol. The number of aryl methyl sites for hydroxylation is 1. The Balaban J connectivity index is 3.56. The van der Waals surface area contributed by atoms with Crippen LogP contribution in [0.4, 0.5) is 0 Å². The standard InChI is InChI=1S/C8H11NO4S/c1-5-4-7(8(10)11)6(2)9(5)14(3,12)13/h4H,1-3H3,(H,10,11). The lowest BCUT2D eigenvalue weighted by molar-refractivity contribution is 0.0696. The minimum absolute atomic E-state index is 0.0212. The van der Waals surface area contributed by atoms with Gasteiger partial charge in [0.2, 0.25) is 10.0 Å². The van der Waals surface area contributed by atoms with Crippen molar-refractivity contribution in [2.24, 2.45) is 0 Å². The fourth-order valence-corrected chi connectivity index (χ4v) is 2.64. The topological polar surface area (TPSA) is 76.4 Å². The van der Waals surface area contributed by atoms with E-state index in [2.05, 4.69) is 0 Å². The first-order chi connectivity index (χ1) is 6.25. The van der Waals surface area contributed by atoms with E-state index < -0.39 is 16.0 Å². The highest BCUT2D eigenvalue weighted by atomic mass is 32.2. The van der Waals surface area contributed by atoms with Crippen LogP contribution < -0.4 is 0 Å². The van der Waals surface area contributed by atoms with Gasteiger partial charge < -0.3 is 5.11 Å². The molecule has 0 amide bonds. The molecule has 0 spiro atoms. The highest BCUT2D eigenvalue weighted by molar-refractivity contribution is 7.89. The van der Waals surface area contributed by atoms with Crippen molar-refractivity contribution >= 4 is 16.0 Å². The van der Waals surface area contributed by atoms with Gasteiger partial charge in [0.15, 0.2) is 0 Å². The smallest absolute Gasteiger partial charge is 0.337 e. The van der Waals surface area contributed by atoms with Crippen LogP contribution >= 0.6 is 0 Å². The van der Waals surface area contributed by atoms with Gasteiger partial charge in [0, 0.05) is 11.4 Å². The quantitative estimate of drug-likeness (QED) is 0.787. The zero-order chi connectivity index (χ0) is 11.1. The third-order valence-electron chi connectivity index (χ3n) is 1.93. The van der Waals surface area contributed by atoms with Crippen molar-refractivity contribution in [3.8, 4) is 0 Å². The maximum absolute atomic E-state index is 11.3. The highest BCUT2D eigenvalue weighted by Gasteiger charge is 2.19. The lowest BCUT2D eigenvalue weighted by Crippen LogP contribution is -2.13. The van der Waals surface area contributed by atoms with Crippen molar-refractivity contribution in [3.63, 3.8) is 0 Å². The van der Waals surface area contributed by atoms with Crippen LogP contribution in [-0.4, -0.2) is 29.7 Å². The monoisotopic (exact) mass is 217 g/mol. The van der Waals surface area contributed by atoms with E-state index in [1.165, 1.54) is 13.0 Å². The van der Waals surface area contributed by atoms with E-state index in [0.717, 1.165) is 10.2 Å². The number of carboxylic acids is 1. The maximum atomic E-state index is 11.3. The predicted molar refractivity (Wildman–Crippen MR) is 51.1 cm³/mol. The van der Waals surface area contributed by atoms with Crippen molar-refractivity contribution in [3.05, 3.63) is 23.0 Å². The Bertz CT molecular complexity index is 484.